The van der Waals surface area contributed by atoms with Gasteiger partial charge in [-0.05, 0) is 6.42 Å². The van der Waals surface area contributed by atoms with E-state index in [1.807, 2.05) is 6.08 Å². The summed E-state index contributed by atoms with van der Waals surface area (Å²) in [5.74, 6) is 0. The van der Waals surface area contributed by atoms with Crippen LogP contribution in [0.4, 0.5) is 0 Å². The van der Waals surface area contributed by atoms with Gasteiger partial charge in [-0.25, -0.2) is 0 Å². The zero-order chi connectivity index (χ0) is 7.66. The minimum atomic E-state index is 0.899. The first-order valence-electron chi connectivity index (χ1n) is 3.98. The van der Waals surface area contributed by atoms with Crippen LogP contribution >= 0.6 is 0 Å². The molecule has 0 saturated heterocycles. The van der Waals surface area contributed by atoms with Crippen LogP contribution in [0.3, 0.4) is 0 Å². The van der Waals surface area contributed by atoms with Gasteiger partial charge < -0.3 is 0 Å². The van der Waals surface area contributed by atoms with Crippen LogP contribution in [0, 0.1) is 6.07 Å². The summed E-state index contributed by atoms with van der Waals surface area (Å²) in [4.78, 5) is 4.02. The number of allylic oxidation sites excluding steroid dienone is 2. The third-order valence-corrected chi connectivity index (χ3v) is 1.07. The van der Waals surface area contributed by atoms with Gasteiger partial charge in [0, 0.05) is 6.42 Å². The lowest BCUT2D eigenvalue weighted by Crippen LogP contribution is -1.66. The van der Waals surface area contributed by atoms with Gasteiger partial charge in [0.25, 0.3) is 6.54 Å². The van der Waals surface area contributed by atoms with E-state index in [2.05, 4.69) is 30.8 Å². The van der Waals surface area contributed by atoms with Crippen molar-refractivity contribution >= 4 is 0 Å². The minimum Gasteiger partial charge on any atom is -0.0787 e. The molecule has 0 saturated carbocycles. The average molecular weight is 138 g/mol. The second-order valence-corrected chi connectivity index (χ2v) is 2.20. The average Bonchev–Trinajstić information content (AvgIpc) is 1.97. The van der Waals surface area contributed by atoms with Gasteiger partial charge >= 0.3 is 6.07 Å². The Balaban J connectivity index is 3.25. The molecule has 0 amide bonds. The Morgan fingerprint density at radius 2 is 2.10 bits per heavy atom. The van der Waals surface area contributed by atoms with E-state index < -0.39 is 0 Å². The summed E-state index contributed by atoms with van der Waals surface area (Å²) in [6.07, 6.45) is 7.44. The van der Waals surface area contributed by atoms with E-state index in [1.54, 1.807) is 0 Å². The highest BCUT2D eigenvalue weighted by Crippen LogP contribution is 1.87. The fourth-order valence-corrected chi connectivity index (χ4v) is 0.532. The molecule has 0 fully saturated rings. The standard InChI is InChI=1S/C9H16N/c1-3-5-6-7-9-10-8-4-2/h6-7H,3-5,8H2,1-2H3/q+1. The summed E-state index contributed by atoms with van der Waals surface area (Å²) in [7, 11) is 0. The predicted octanol–water partition coefficient (Wildman–Crippen LogP) is 3.09. The minimum absolute atomic E-state index is 0.899. The molecule has 0 aliphatic rings. The van der Waals surface area contributed by atoms with Crippen molar-refractivity contribution in [2.45, 2.75) is 33.1 Å². The van der Waals surface area contributed by atoms with Gasteiger partial charge in [0.1, 0.15) is 0 Å². The van der Waals surface area contributed by atoms with Crippen LogP contribution in [0.25, 0.3) is 4.85 Å². The first-order chi connectivity index (χ1) is 4.91. The molecule has 0 heterocycles. The maximum Gasteiger partial charge on any atom is 0.302 e. The van der Waals surface area contributed by atoms with Crippen LogP contribution in [0.2, 0.25) is 0 Å². The molecule has 10 heavy (non-hydrogen) atoms. The van der Waals surface area contributed by atoms with E-state index in [9.17, 15) is 0 Å². The van der Waals surface area contributed by atoms with Crippen molar-refractivity contribution in [2.75, 3.05) is 6.54 Å². The number of nitrogens with zero attached hydrogens (tertiary/aromatic N) is 1. The van der Waals surface area contributed by atoms with Gasteiger partial charge in [-0.2, -0.15) is 0 Å². The molecular formula is C9H16N+. The maximum absolute atomic E-state index is 4.02. The second-order valence-electron chi connectivity index (χ2n) is 2.20. The fraction of sp³-hybridized carbons (Fsp3) is 0.667. The third-order valence-electron chi connectivity index (χ3n) is 1.07. The highest BCUT2D eigenvalue weighted by Gasteiger charge is 1.80. The Morgan fingerprint density at radius 3 is 2.70 bits per heavy atom. The third kappa shape index (κ3) is 7.23. The summed E-state index contributed by atoms with van der Waals surface area (Å²) >= 11 is 0. The number of rotatable bonds is 3. The van der Waals surface area contributed by atoms with Gasteiger partial charge in [0.15, 0.2) is 0 Å². The Hall–Kier alpha value is -0.770. The maximum atomic E-state index is 4.02. The molecule has 0 rings (SSSR count). The van der Waals surface area contributed by atoms with Gasteiger partial charge in [-0.3, -0.25) is 0 Å². The quantitative estimate of drug-likeness (QED) is 0.528. The van der Waals surface area contributed by atoms with Gasteiger partial charge in [-0.15, -0.1) is 0 Å². The molecule has 56 valence electrons. The van der Waals surface area contributed by atoms with Crippen LogP contribution in [-0.4, -0.2) is 6.54 Å². The molecule has 0 unspecified atom stereocenters. The van der Waals surface area contributed by atoms with Gasteiger partial charge in [0.05, 0.1) is 6.08 Å². The van der Waals surface area contributed by atoms with E-state index in [4.69, 9.17) is 0 Å². The molecule has 0 aliphatic carbocycles. The molecule has 0 spiro atoms. The van der Waals surface area contributed by atoms with E-state index in [0.717, 1.165) is 19.4 Å². The number of hydrogen-bond acceptors (Lipinski definition) is 0. The van der Waals surface area contributed by atoms with Crippen molar-refractivity contribution in [2.24, 2.45) is 0 Å². The molecule has 0 aromatic rings. The lowest BCUT2D eigenvalue weighted by Gasteiger charge is -1.74. The summed E-state index contributed by atoms with van der Waals surface area (Å²) < 4.78 is 0. The highest BCUT2D eigenvalue weighted by atomic mass is 14.6. The van der Waals surface area contributed by atoms with E-state index in [0.29, 0.717) is 0 Å². The molecule has 1 nitrogen and oxygen atoms in total. The van der Waals surface area contributed by atoms with E-state index >= 15 is 0 Å². The smallest absolute Gasteiger partial charge is 0.0787 e. The Bertz CT molecular complexity index is 137. The SMILES string of the molecule is CCCC=CC#[N+]CCC. The Morgan fingerprint density at radius 1 is 1.30 bits per heavy atom. The fourth-order valence-electron chi connectivity index (χ4n) is 0.532. The van der Waals surface area contributed by atoms with Gasteiger partial charge in [0.2, 0.25) is 0 Å². The predicted molar refractivity (Wildman–Crippen MR) is 46.5 cm³/mol. The molecule has 0 aliphatic heterocycles. The van der Waals surface area contributed by atoms with Crippen LogP contribution in [0.1, 0.15) is 33.1 Å². The van der Waals surface area contributed by atoms with Crippen LogP contribution in [0.15, 0.2) is 12.2 Å². The normalized spacial score (nSPS) is 9.40. The number of unbranched alkanes of at least 4 members (excludes halogenated alkanes) is 1. The number of hydrogen-bond donors (Lipinski definition) is 0. The van der Waals surface area contributed by atoms with Crippen molar-refractivity contribution in [1.29, 1.82) is 0 Å². The van der Waals surface area contributed by atoms with E-state index in [1.165, 1.54) is 6.42 Å². The monoisotopic (exact) mass is 138 g/mol. The molecule has 0 aromatic heterocycles. The lowest BCUT2D eigenvalue weighted by atomic mass is 10.3. The van der Waals surface area contributed by atoms with E-state index in [-0.39, 0.29) is 0 Å². The van der Waals surface area contributed by atoms with Crippen LogP contribution in [-0.2, 0) is 0 Å². The summed E-state index contributed by atoms with van der Waals surface area (Å²) in [5.41, 5.74) is 0. The summed E-state index contributed by atoms with van der Waals surface area (Å²) in [6, 6.07) is 2.87. The molecule has 0 radical (unpaired) electrons. The molecule has 0 N–H and O–H groups in total. The summed E-state index contributed by atoms with van der Waals surface area (Å²) in [5, 5.41) is 0. The highest BCUT2D eigenvalue weighted by molar-refractivity contribution is 5.08. The van der Waals surface area contributed by atoms with Gasteiger partial charge in [-0.1, -0.05) is 31.2 Å². The topological polar surface area (TPSA) is 4.36 Å². The molecular weight excluding hydrogens is 122 g/mol. The largest absolute Gasteiger partial charge is 0.302 e. The van der Waals surface area contributed by atoms with Crippen molar-refractivity contribution in [3.05, 3.63) is 17.0 Å². The second kappa shape index (κ2) is 8.23. The van der Waals surface area contributed by atoms with Crippen molar-refractivity contribution in [3.63, 3.8) is 0 Å². The zero-order valence-corrected chi connectivity index (χ0v) is 6.93. The Labute approximate surface area is 63.6 Å². The molecule has 0 bridgehead atoms. The van der Waals surface area contributed by atoms with Crippen molar-refractivity contribution < 1.29 is 0 Å². The summed E-state index contributed by atoms with van der Waals surface area (Å²) in [6.45, 7) is 5.17. The van der Waals surface area contributed by atoms with Crippen molar-refractivity contribution in [1.82, 2.24) is 0 Å². The van der Waals surface area contributed by atoms with Crippen molar-refractivity contribution in [3.8, 4) is 6.07 Å². The first kappa shape index (κ1) is 9.23. The molecule has 0 atom stereocenters. The zero-order valence-electron chi connectivity index (χ0n) is 6.93. The Kier molecular flexibility index (Phi) is 7.60. The molecule has 0 aromatic carbocycles. The molecule has 1 heteroatoms. The lowest BCUT2D eigenvalue weighted by molar-refractivity contribution is 0.959. The van der Waals surface area contributed by atoms with Crippen LogP contribution in [0.5, 0.6) is 0 Å². The van der Waals surface area contributed by atoms with Crippen LogP contribution < -0.4 is 0 Å². The first-order valence-corrected chi connectivity index (χ1v) is 3.98.